The summed E-state index contributed by atoms with van der Waals surface area (Å²) in [6.45, 7) is 1.79. The van der Waals surface area contributed by atoms with Crippen molar-refractivity contribution in [2.75, 3.05) is 19.4 Å². The molecular weight excluding hydrogens is 214 g/mol. The van der Waals surface area contributed by atoms with E-state index in [1.165, 1.54) is 11.1 Å². The zero-order chi connectivity index (χ0) is 11.4. The molecule has 0 aliphatic rings. The minimum atomic E-state index is -0.298. The summed E-state index contributed by atoms with van der Waals surface area (Å²) >= 11 is 5.70. The molecule has 0 spiro atoms. The molecule has 1 aromatic rings. The lowest BCUT2D eigenvalue weighted by molar-refractivity contribution is -0.129. The van der Waals surface area contributed by atoms with E-state index in [2.05, 4.69) is 10.3 Å². The Balaban J connectivity index is 2.62. The standard InChI is InChI=1S/C10H14ClN3O/c1-7(10(15)14(2)3)13-9-5-4-8(11)6-12-9/h4-7H,1-3H3,(H,12,13)/t7-/m0/s1. The molecule has 4 nitrogen and oxygen atoms in total. The summed E-state index contributed by atoms with van der Waals surface area (Å²) in [7, 11) is 3.44. The molecule has 0 aromatic carbocycles. The number of aromatic nitrogens is 1. The van der Waals surface area contributed by atoms with Crippen LogP contribution in [-0.2, 0) is 4.79 Å². The van der Waals surface area contributed by atoms with Gasteiger partial charge < -0.3 is 10.2 Å². The molecule has 5 heteroatoms. The molecule has 1 heterocycles. The van der Waals surface area contributed by atoms with E-state index in [4.69, 9.17) is 11.6 Å². The van der Waals surface area contributed by atoms with Crippen molar-refractivity contribution in [3.63, 3.8) is 0 Å². The average molecular weight is 228 g/mol. The smallest absolute Gasteiger partial charge is 0.244 e. The first-order valence-electron chi connectivity index (χ1n) is 4.60. The van der Waals surface area contributed by atoms with Crippen LogP contribution in [0.4, 0.5) is 5.82 Å². The van der Waals surface area contributed by atoms with Gasteiger partial charge in [-0.2, -0.15) is 0 Å². The zero-order valence-corrected chi connectivity index (χ0v) is 9.75. The second kappa shape index (κ2) is 4.98. The van der Waals surface area contributed by atoms with Gasteiger partial charge in [0.05, 0.1) is 5.02 Å². The Labute approximate surface area is 94.3 Å². The Hall–Kier alpha value is -1.29. The Morgan fingerprint density at radius 2 is 2.20 bits per heavy atom. The molecule has 0 bridgehead atoms. The van der Waals surface area contributed by atoms with E-state index in [1.54, 1.807) is 33.2 Å². The SMILES string of the molecule is C[C@H](Nc1ccc(Cl)cn1)C(=O)N(C)C. The maximum atomic E-state index is 11.5. The highest BCUT2D eigenvalue weighted by molar-refractivity contribution is 6.30. The fourth-order valence-corrected chi connectivity index (χ4v) is 1.24. The van der Waals surface area contributed by atoms with Gasteiger partial charge >= 0.3 is 0 Å². The van der Waals surface area contributed by atoms with Crippen molar-refractivity contribution < 1.29 is 4.79 Å². The highest BCUT2D eigenvalue weighted by atomic mass is 35.5. The van der Waals surface area contributed by atoms with Gasteiger partial charge in [0.15, 0.2) is 0 Å². The van der Waals surface area contributed by atoms with Crippen LogP contribution in [-0.4, -0.2) is 35.9 Å². The third kappa shape index (κ3) is 3.40. The molecule has 0 aliphatic carbocycles. The van der Waals surface area contributed by atoms with Gasteiger partial charge in [-0.1, -0.05) is 11.6 Å². The number of nitrogens with one attached hydrogen (secondary N) is 1. The van der Waals surface area contributed by atoms with Crippen LogP contribution in [0.25, 0.3) is 0 Å². The number of anilines is 1. The van der Waals surface area contributed by atoms with E-state index in [1.807, 2.05) is 0 Å². The van der Waals surface area contributed by atoms with Crippen molar-refractivity contribution in [2.45, 2.75) is 13.0 Å². The van der Waals surface area contributed by atoms with E-state index in [0.717, 1.165) is 0 Å². The van der Waals surface area contributed by atoms with E-state index in [-0.39, 0.29) is 11.9 Å². The maximum Gasteiger partial charge on any atom is 0.244 e. The molecule has 1 atom stereocenters. The monoisotopic (exact) mass is 227 g/mol. The lowest BCUT2D eigenvalue weighted by atomic mass is 10.3. The Morgan fingerprint density at radius 3 is 2.67 bits per heavy atom. The first-order chi connectivity index (χ1) is 7.00. The second-order valence-corrected chi connectivity index (χ2v) is 3.90. The number of pyridine rings is 1. The minimum Gasteiger partial charge on any atom is -0.359 e. The summed E-state index contributed by atoms with van der Waals surface area (Å²) in [5, 5.41) is 3.57. The number of hydrogen-bond donors (Lipinski definition) is 1. The van der Waals surface area contributed by atoms with Crippen molar-refractivity contribution >= 4 is 23.3 Å². The molecule has 1 amide bonds. The molecule has 0 radical (unpaired) electrons. The molecule has 15 heavy (non-hydrogen) atoms. The maximum absolute atomic E-state index is 11.5. The fraction of sp³-hybridized carbons (Fsp3) is 0.400. The molecule has 1 aromatic heterocycles. The highest BCUT2D eigenvalue weighted by Crippen LogP contribution is 2.10. The van der Waals surface area contributed by atoms with Gasteiger partial charge in [0.1, 0.15) is 11.9 Å². The lowest BCUT2D eigenvalue weighted by Crippen LogP contribution is -2.36. The number of hydrogen-bond acceptors (Lipinski definition) is 3. The molecule has 0 aliphatic heterocycles. The van der Waals surface area contributed by atoms with Gasteiger partial charge in [-0.25, -0.2) is 4.98 Å². The summed E-state index contributed by atoms with van der Waals surface area (Å²) in [6.07, 6.45) is 1.54. The number of carbonyl (C=O) groups is 1. The quantitative estimate of drug-likeness (QED) is 0.854. The predicted octanol–water partition coefficient (Wildman–Crippen LogP) is 1.62. The van der Waals surface area contributed by atoms with Crippen LogP contribution in [0.5, 0.6) is 0 Å². The Bertz CT molecular complexity index is 337. The van der Waals surface area contributed by atoms with Gasteiger partial charge in [0, 0.05) is 20.3 Å². The Kier molecular flexibility index (Phi) is 3.91. The van der Waals surface area contributed by atoms with Crippen LogP contribution in [0.3, 0.4) is 0 Å². The van der Waals surface area contributed by atoms with Crippen LogP contribution >= 0.6 is 11.6 Å². The van der Waals surface area contributed by atoms with Crippen molar-refractivity contribution in [3.8, 4) is 0 Å². The number of halogens is 1. The average Bonchev–Trinajstić information content (AvgIpc) is 2.20. The highest BCUT2D eigenvalue weighted by Gasteiger charge is 2.14. The number of amides is 1. The number of likely N-dealkylation sites (N-methyl/N-ethyl adjacent to an activating group) is 1. The summed E-state index contributed by atoms with van der Waals surface area (Å²) in [5.41, 5.74) is 0. The molecule has 0 unspecified atom stereocenters. The topological polar surface area (TPSA) is 45.2 Å². The van der Waals surface area contributed by atoms with E-state index >= 15 is 0 Å². The second-order valence-electron chi connectivity index (χ2n) is 3.46. The number of carbonyl (C=O) groups excluding carboxylic acids is 1. The van der Waals surface area contributed by atoms with Gasteiger partial charge in [-0.3, -0.25) is 4.79 Å². The van der Waals surface area contributed by atoms with Crippen molar-refractivity contribution in [1.29, 1.82) is 0 Å². The molecule has 0 fully saturated rings. The first-order valence-corrected chi connectivity index (χ1v) is 4.97. The van der Waals surface area contributed by atoms with Crippen molar-refractivity contribution in [3.05, 3.63) is 23.4 Å². The molecule has 0 saturated heterocycles. The molecule has 0 saturated carbocycles. The summed E-state index contributed by atoms with van der Waals surface area (Å²) in [5.74, 6) is 0.647. The van der Waals surface area contributed by atoms with E-state index < -0.39 is 0 Å². The normalized spacial score (nSPS) is 12.0. The van der Waals surface area contributed by atoms with Crippen LogP contribution in [0, 0.1) is 0 Å². The van der Waals surface area contributed by atoms with Crippen LogP contribution in [0.2, 0.25) is 5.02 Å². The minimum absolute atomic E-state index is 0.00625. The van der Waals surface area contributed by atoms with Gasteiger partial charge in [0.25, 0.3) is 0 Å². The van der Waals surface area contributed by atoms with Crippen LogP contribution in [0.15, 0.2) is 18.3 Å². The van der Waals surface area contributed by atoms with Gasteiger partial charge in [0.2, 0.25) is 5.91 Å². The van der Waals surface area contributed by atoms with Gasteiger partial charge in [-0.15, -0.1) is 0 Å². The van der Waals surface area contributed by atoms with Crippen LogP contribution in [0.1, 0.15) is 6.92 Å². The lowest BCUT2D eigenvalue weighted by Gasteiger charge is -2.18. The van der Waals surface area contributed by atoms with Gasteiger partial charge in [-0.05, 0) is 19.1 Å². The molecule has 1 rings (SSSR count). The fourth-order valence-electron chi connectivity index (χ4n) is 1.13. The summed E-state index contributed by atoms with van der Waals surface area (Å²) in [6, 6.07) is 3.17. The number of rotatable bonds is 3. The van der Waals surface area contributed by atoms with Crippen molar-refractivity contribution in [1.82, 2.24) is 9.88 Å². The molecule has 1 N–H and O–H groups in total. The van der Waals surface area contributed by atoms with E-state index in [0.29, 0.717) is 10.8 Å². The first kappa shape index (κ1) is 11.8. The third-order valence-corrected chi connectivity index (χ3v) is 2.13. The summed E-state index contributed by atoms with van der Waals surface area (Å²) < 4.78 is 0. The Morgan fingerprint density at radius 1 is 1.53 bits per heavy atom. The summed E-state index contributed by atoms with van der Waals surface area (Å²) in [4.78, 5) is 17.1. The largest absolute Gasteiger partial charge is 0.359 e. The van der Waals surface area contributed by atoms with Crippen molar-refractivity contribution in [2.24, 2.45) is 0 Å². The molecule has 82 valence electrons. The van der Waals surface area contributed by atoms with Crippen LogP contribution < -0.4 is 5.32 Å². The number of nitrogens with zero attached hydrogens (tertiary/aromatic N) is 2. The molecular formula is C10H14ClN3O. The predicted molar refractivity (Wildman–Crippen MR) is 61.0 cm³/mol. The zero-order valence-electron chi connectivity index (χ0n) is 8.99. The van der Waals surface area contributed by atoms with E-state index in [9.17, 15) is 4.79 Å². The third-order valence-electron chi connectivity index (χ3n) is 1.90.